The van der Waals surface area contributed by atoms with Crippen molar-refractivity contribution in [2.45, 2.75) is 38.3 Å². The Balaban J connectivity index is 1.59. The molecule has 5 heteroatoms. The van der Waals surface area contributed by atoms with Crippen LogP contribution < -0.4 is 5.32 Å². The summed E-state index contributed by atoms with van der Waals surface area (Å²) >= 11 is 0. The molecule has 0 spiro atoms. The highest BCUT2D eigenvalue weighted by Gasteiger charge is 2.48. The zero-order chi connectivity index (χ0) is 16.2. The van der Waals surface area contributed by atoms with Crippen LogP contribution in [0.5, 0.6) is 0 Å². The number of hydrogen-bond donors (Lipinski definition) is 1. The average molecular weight is 312 g/mol. The van der Waals surface area contributed by atoms with E-state index in [1.807, 2.05) is 29.8 Å². The van der Waals surface area contributed by atoms with Crippen LogP contribution in [-0.2, 0) is 7.05 Å². The summed E-state index contributed by atoms with van der Waals surface area (Å²) in [7, 11) is 1.96. The minimum absolute atomic E-state index is 0.0179. The second kappa shape index (κ2) is 5.06. The lowest BCUT2D eigenvalue weighted by molar-refractivity contribution is -0.0378. The third-order valence-electron chi connectivity index (χ3n) is 5.86. The number of amides is 1. The molecule has 0 radical (unpaired) electrons. The standard InChI is InChI=1S/C18H24N4O/c1-18(2)16(12-6-8-22(18)9-7-12)20-17(23)13-4-5-15-14(10-13)19-11-21(15)3/h4-5,10-12,16H,6-9H2,1-3H3,(H,20,23). The average Bonchev–Trinajstić information content (AvgIpc) is 2.92. The van der Waals surface area contributed by atoms with Crippen molar-refractivity contribution in [2.24, 2.45) is 13.0 Å². The second-order valence-electron chi connectivity index (χ2n) is 7.49. The van der Waals surface area contributed by atoms with E-state index in [4.69, 9.17) is 0 Å². The molecule has 2 bridgehead atoms. The molecule has 0 saturated carbocycles. The monoisotopic (exact) mass is 312 g/mol. The topological polar surface area (TPSA) is 50.2 Å². The van der Waals surface area contributed by atoms with E-state index in [1.165, 1.54) is 12.8 Å². The number of aryl methyl sites for hydroxylation is 1. The van der Waals surface area contributed by atoms with Crippen molar-refractivity contribution in [1.82, 2.24) is 19.8 Å². The summed E-state index contributed by atoms with van der Waals surface area (Å²) in [6.07, 6.45) is 4.16. The molecule has 2 aromatic rings. The van der Waals surface area contributed by atoms with Gasteiger partial charge in [-0.05, 0) is 63.9 Å². The van der Waals surface area contributed by atoms with Crippen LogP contribution in [0.4, 0.5) is 0 Å². The van der Waals surface area contributed by atoms with Crippen molar-refractivity contribution in [1.29, 1.82) is 0 Å². The molecule has 1 aromatic heterocycles. The molecular weight excluding hydrogens is 288 g/mol. The van der Waals surface area contributed by atoms with Gasteiger partial charge in [-0.3, -0.25) is 9.69 Å². The lowest BCUT2D eigenvalue weighted by Crippen LogP contribution is -2.69. The van der Waals surface area contributed by atoms with Crippen molar-refractivity contribution in [3.8, 4) is 0 Å². The number of carbonyl (C=O) groups is 1. The number of piperidine rings is 3. The van der Waals surface area contributed by atoms with Crippen molar-refractivity contribution < 1.29 is 4.79 Å². The zero-order valence-corrected chi connectivity index (χ0v) is 14.0. The van der Waals surface area contributed by atoms with Gasteiger partial charge in [0.2, 0.25) is 0 Å². The summed E-state index contributed by atoms with van der Waals surface area (Å²) in [4.78, 5) is 19.6. The molecule has 23 heavy (non-hydrogen) atoms. The number of nitrogens with zero attached hydrogens (tertiary/aromatic N) is 3. The van der Waals surface area contributed by atoms with Gasteiger partial charge in [-0.2, -0.15) is 0 Å². The van der Waals surface area contributed by atoms with Gasteiger partial charge in [0.25, 0.3) is 5.91 Å². The number of carbonyl (C=O) groups excluding carboxylic acids is 1. The van der Waals surface area contributed by atoms with Gasteiger partial charge < -0.3 is 9.88 Å². The molecule has 3 aliphatic heterocycles. The van der Waals surface area contributed by atoms with Gasteiger partial charge in [-0.1, -0.05) is 0 Å². The van der Waals surface area contributed by atoms with Gasteiger partial charge in [0.1, 0.15) is 0 Å². The molecule has 3 saturated heterocycles. The lowest BCUT2D eigenvalue weighted by Gasteiger charge is -2.56. The fraction of sp³-hybridized carbons (Fsp3) is 0.556. The van der Waals surface area contributed by atoms with Crippen molar-refractivity contribution in [3.63, 3.8) is 0 Å². The second-order valence-corrected chi connectivity index (χ2v) is 7.49. The smallest absolute Gasteiger partial charge is 0.251 e. The van der Waals surface area contributed by atoms with E-state index in [1.54, 1.807) is 6.33 Å². The molecule has 0 aliphatic carbocycles. The fourth-order valence-corrected chi connectivity index (χ4v) is 4.38. The number of nitrogens with one attached hydrogen (secondary N) is 1. The molecule has 5 nitrogen and oxygen atoms in total. The Morgan fingerprint density at radius 1 is 1.30 bits per heavy atom. The quantitative estimate of drug-likeness (QED) is 0.924. The molecule has 5 rings (SSSR count). The van der Waals surface area contributed by atoms with Gasteiger partial charge in [0.15, 0.2) is 0 Å². The number of benzene rings is 1. The number of hydrogen-bond acceptors (Lipinski definition) is 3. The van der Waals surface area contributed by atoms with Gasteiger partial charge in [0, 0.05) is 24.2 Å². The van der Waals surface area contributed by atoms with Crippen molar-refractivity contribution in [2.75, 3.05) is 13.1 Å². The van der Waals surface area contributed by atoms with E-state index in [9.17, 15) is 4.79 Å². The molecule has 4 heterocycles. The van der Waals surface area contributed by atoms with Gasteiger partial charge in [-0.15, -0.1) is 0 Å². The van der Waals surface area contributed by atoms with Crippen molar-refractivity contribution in [3.05, 3.63) is 30.1 Å². The largest absolute Gasteiger partial charge is 0.347 e. The zero-order valence-electron chi connectivity index (χ0n) is 14.0. The maximum atomic E-state index is 12.8. The van der Waals surface area contributed by atoms with E-state index < -0.39 is 0 Å². The highest BCUT2D eigenvalue weighted by atomic mass is 16.1. The molecule has 3 fully saturated rings. The third kappa shape index (κ3) is 2.26. The third-order valence-corrected chi connectivity index (χ3v) is 5.86. The minimum atomic E-state index is 0.0179. The normalized spacial score (nSPS) is 28.9. The minimum Gasteiger partial charge on any atom is -0.347 e. The molecule has 1 amide bonds. The van der Waals surface area contributed by atoms with E-state index in [2.05, 4.69) is 29.0 Å². The Labute approximate surface area is 136 Å². The summed E-state index contributed by atoms with van der Waals surface area (Å²) in [5.74, 6) is 0.613. The first-order chi connectivity index (χ1) is 11.0. The molecule has 1 unspecified atom stereocenters. The van der Waals surface area contributed by atoms with Crippen LogP contribution >= 0.6 is 0 Å². The van der Waals surface area contributed by atoms with Gasteiger partial charge >= 0.3 is 0 Å². The highest BCUT2D eigenvalue weighted by molar-refractivity contribution is 5.97. The van der Waals surface area contributed by atoms with Crippen LogP contribution in [0.3, 0.4) is 0 Å². The summed E-state index contributed by atoms with van der Waals surface area (Å²) in [6, 6.07) is 5.97. The SMILES string of the molecule is Cn1cnc2cc(C(=O)NC3C4CCN(CC4)C3(C)C)ccc21. The summed E-state index contributed by atoms with van der Waals surface area (Å²) in [5.41, 5.74) is 2.65. The predicted octanol–water partition coefficient (Wildman–Crippen LogP) is 2.18. The van der Waals surface area contributed by atoms with E-state index in [-0.39, 0.29) is 17.5 Å². The Morgan fingerprint density at radius 3 is 2.74 bits per heavy atom. The number of imidazole rings is 1. The predicted molar refractivity (Wildman–Crippen MR) is 90.3 cm³/mol. The summed E-state index contributed by atoms with van der Waals surface area (Å²) in [6.45, 7) is 6.82. The first kappa shape index (κ1) is 14.7. The molecular formula is C18H24N4O. The first-order valence-corrected chi connectivity index (χ1v) is 8.44. The van der Waals surface area contributed by atoms with Crippen LogP contribution in [-0.4, -0.2) is 45.0 Å². The Hall–Kier alpha value is -1.88. The van der Waals surface area contributed by atoms with Gasteiger partial charge in [-0.25, -0.2) is 4.98 Å². The molecule has 1 aromatic carbocycles. The van der Waals surface area contributed by atoms with Crippen molar-refractivity contribution >= 4 is 16.9 Å². The van der Waals surface area contributed by atoms with E-state index in [0.717, 1.165) is 24.1 Å². The van der Waals surface area contributed by atoms with Gasteiger partial charge in [0.05, 0.1) is 17.4 Å². The molecule has 1 atom stereocenters. The Bertz CT molecular complexity index is 755. The summed E-state index contributed by atoms with van der Waals surface area (Å²) < 4.78 is 1.97. The maximum Gasteiger partial charge on any atom is 0.251 e. The Kier molecular flexibility index (Phi) is 3.23. The van der Waals surface area contributed by atoms with E-state index >= 15 is 0 Å². The van der Waals surface area contributed by atoms with Crippen LogP contribution in [0.1, 0.15) is 37.0 Å². The number of rotatable bonds is 2. The van der Waals surface area contributed by atoms with E-state index in [0.29, 0.717) is 11.5 Å². The lowest BCUT2D eigenvalue weighted by atomic mass is 9.72. The molecule has 1 N–H and O–H groups in total. The number of aromatic nitrogens is 2. The molecule has 3 aliphatic rings. The van der Waals surface area contributed by atoms with Crippen LogP contribution in [0, 0.1) is 5.92 Å². The molecule has 122 valence electrons. The Morgan fingerprint density at radius 2 is 2.04 bits per heavy atom. The first-order valence-electron chi connectivity index (χ1n) is 8.44. The van der Waals surface area contributed by atoms with Crippen LogP contribution in [0.2, 0.25) is 0 Å². The van der Waals surface area contributed by atoms with Crippen LogP contribution in [0.25, 0.3) is 11.0 Å². The number of fused-ring (bicyclic) bond motifs is 4. The maximum absolute atomic E-state index is 12.8. The van der Waals surface area contributed by atoms with Crippen LogP contribution in [0.15, 0.2) is 24.5 Å². The highest BCUT2D eigenvalue weighted by Crippen LogP contribution is 2.39. The fourth-order valence-electron chi connectivity index (χ4n) is 4.38. The summed E-state index contributed by atoms with van der Waals surface area (Å²) in [5, 5.41) is 3.31.